The lowest BCUT2D eigenvalue weighted by Crippen LogP contribution is -2.64. The number of hydrogen-bond donors (Lipinski definition) is 3. The second kappa shape index (κ2) is 3.40. The van der Waals surface area contributed by atoms with Gasteiger partial charge in [-0.2, -0.15) is 0 Å². The average molecular weight is 176 g/mol. The lowest BCUT2D eigenvalue weighted by molar-refractivity contribution is -0.147. The minimum Gasteiger partial charge on any atom is -0.369 e. The van der Waals surface area contributed by atoms with Gasteiger partial charge in [-0.1, -0.05) is 0 Å². The fourth-order valence-electron chi connectivity index (χ4n) is 0.771. The molecule has 1 fully saturated rings. The van der Waals surface area contributed by atoms with Crippen LogP contribution in [-0.4, -0.2) is 34.7 Å². The van der Waals surface area contributed by atoms with Crippen LogP contribution in [0, 0.1) is 6.26 Å². The fraction of sp³-hybridized carbons (Fsp3) is 0.600. The van der Waals surface area contributed by atoms with Crippen molar-refractivity contribution in [1.82, 2.24) is 15.8 Å². The van der Waals surface area contributed by atoms with Gasteiger partial charge in [0.1, 0.15) is 5.50 Å². The number of carbonyl (C=O) groups is 1. The first-order valence-corrected chi connectivity index (χ1v) is 4.08. The van der Waals surface area contributed by atoms with Crippen LogP contribution in [0.1, 0.15) is 0 Å². The molecule has 2 atom stereocenters. The number of aliphatic hydroxyl groups excluding tert-OH is 1. The third-order valence-corrected chi connectivity index (χ3v) is 2.18. The number of nitrogens with zero attached hydrogens (tertiary/aromatic N) is 1. The largest absolute Gasteiger partial charge is 0.369 e. The molecule has 1 rings (SSSR count). The van der Waals surface area contributed by atoms with Crippen LogP contribution in [-0.2, 0) is 4.79 Å². The molecule has 2 unspecified atom stereocenters. The standard InChI is InChI=1S/C5H10N3O2S/c1-8-4(10)3(9)6-7-5(8)11-2/h3,5-7,9H,2H2,1H3. The summed E-state index contributed by atoms with van der Waals surface area (Å²) in [6, 6.07) is 0. The van der Waals surface area contributed by atoms with E-state index >= 15 is 0 Å². The minimum absolute atomic E-state index is 0.217. The predicted molar refractivity (Wildman–Crippen MR) is 41.8 cm³/mol. The molecule has 0 saturated carbocycles. The van der Waals surface area contributed by atoms with Gasteiger partial charge in [0.25, 0.3) is 5.91 Å². The molecule has 1 aliphatic heterocycles. The van der Waals surface area contributed by atoms with Gasteiger partial charge in [0.2, 0.25) is 0 Å². The van der Waals surface area contributed by atoms with Crippen molar-refractivity contribution in [2.75, 3.05) is 7.05 Å². The van der Waals surface area contributed by atoms with Crippen LogP contribution in [0.25, 0.3) is 0 Å². The van der Waals surface area contributed by atoms with E-state index in [1.165, 1.54) is 16.7 Å². The predicted octanol–water partition coefficient (Wildman–Crippen LogP) is -1.32. The SMILES string of the molecule is [CH2]SC1NNC(O)C(=O)N1C. The number of nitrogens with one attached hydrogen (secondary N) is 2. The van der Waals surface area contributed by atoms with Crippen molar-refractivity contribution in [2.45, 2.75) is 11.7 Å². The molecule has 1 radical (unpaired) electrons. The molecule has 0 aromatic rings. The third-order valence-electron chi connectivity index (χ3n) is 1.43. The molecule has 1 heterocycles. The van der Waals surface area contributed by atoms with Crippen LogP contribution in [0.4, 0.5) is 0 Å². The number of rotatable bonds is 1. The molecule has 0 aliphatic carbocycles. The van der Waals surface area contributed by atoms with Crippen LogP contribution >= 0.6 is 11.8 Å². The Bertz CT molecular complexity index is 166. The summed E-state index contributed by atoms with van der Waals surface area (Å²) < 4.78 is 0. The number of aliphatic hydroxyl groups is 1. The summed E-state index contributed by atoms with van der Waals surface area (Å²) in [6.07, 6.45) is 2.41. The molecule has 1 aliphatic rings. The highest BCUT2D eigenvalue weighted by Crippen LogP contribution is 2.11. The zero-order valence-corrected chi connectivity index (χ0v) is 6.89. The van der Waals surface area contributed by atoms with Crippen molar-refractivity contribution < 1.29 is 9.90 Å². The van der Waals surface area contributed by atoms with Gasteiger partial charge in [-0.3, -0.25) is 4.79 Å². The number of thioether (sulfide) groups is 1. The van der Waals surface area contributed by atoms with Gasteiger partial charge in [-0.25, -0.2) is 10.9 Å². The number of hydrogen-bond acceptors (Lipinski definition) is 5. The Kier molecular flexibility index (Phi) is 2.72. The number of amides is 1. The highest BCUT2D eigenvalue weighted by molar-refractivity contribution is 8.00. The van der Waals surface area contributed by atoms with Crippen molar-refractivity contribution in [3.05, 3.63) is 6.26 Å². The summed E-state index contributed by atoms with van der Waals surface area (Å²) in [5, 5.41) is 8.97. The van der Waals surface area contributed by atoms with E-state index in [0.29, 0.717) is 0 Å². The van der Waals surface area contributed by atoms with E-state index in [4.69, 9.17) is 5.11 Å². The maximum Gasteiger partial charge on any atom is 0.269 e. The quantitative estimate of drug-likeness (QED) is 0.462. The molecule has 0 aromatic carbocycles. The van der Waals surface area contributed by atoms with E-state index in [1.54, 1.807) is 7.05 Å². The van der Waals surface area contributed by atoms with Gasteiger partial charge in [-0.05, 0) is 0 Å². The van der Waals surface area contributed by atoms with Gasteiger partial charge >= 0.3 is 0 Å². The van der Waals surface area contributed by atoms with Gasteiger partial charge in [0.05, 0.1) is 0 Å². The molecule has 0 bridgehead atoms. The zero-order chi connectivity index (χ0) is 8.43. The molecule has 3 N–H and O–H groups in total. The van der Waals surface area contributed by atoms with E-state index < -0.39 is 6.23 Å². The number of likely N-dealkylation sites (N-methyl/N-ethyl adjacent to an activating group) is 1. The summed E-state index contributed by atoms with van der Waals surface area (Å²) >= 11 is 1.23. The Labute approximate surface area is 69.1 Å². The first-order valence-electron chi connectivity index (χ1n) is 3.03. The Morgan fingerprint density at radius 2 is 2.36 bits per heavy atom. The van der Waals surface area contributed by atoms with Gasteiger partial charge in [-0.15, -0.1) is 11.8 Å². The Morgan fingerprint density at radius 3 is 2.91 bits per heavy atom. The summed E-state index contributed by atoms with van der Waals surface area (Å²) in [7, 11) is 1.60. The van der Waals surface area contributed by atoms with Crippen molar-refractivity contribution >= 4 is 17.7 Å². The van der Waals surface area contributed by atoms with Crippen molar-refractivity contribution in [3.8, 4) is 0 Å². The summed E-state index contributed by atoms with van der Waals surface area (Å²) in [4.78, 5) is 12.4. The fourth-order valence-corrected chi connectivity index (χ4v) is 1.25. The summed E-state index contributed by atoms with van der Waals surface area (Å²) in [5.74, 6) is -0.357. The third kappa shape index (κ3) is 1.64. The molecular weight excluding hydrogens is 166 g/mol. The lowest BCUT2D eigenvalue weighted by atomic mass is 10.4. The smallest absolute Gasteiger partial charge is 0.269 e. The van der Waals surface area contributed by atoms with E-state index in [9.17, 15) is 4.79 Å². The zero-order valence-electron chi connectivity index (χ0n) is 6.07. The van der Waals surface area contributed by atoms with Crippen LogP contribution < -0.4 is 10.9 Å². The van der Waals surface area contributed by atoms with Gasteiger partial charge in [0, 0.05) is 13.3 Å². The van der Waals surface area contributed by atoms with Crippen LogP contribution in [0.2, 0.25) is 0 Å². The average Bonchev–Trinajstić information content (AvgIpc) is 2.01. The number of hydrazine groups is 1. The Morgan fingerprint density at radius 1 is 1.73 bits per heavy atom. The number of carbonyl (C=O) groups excluding carboxylic acids is 1. The highest BCUT2D eigenvalue weighted by atomic mass is 32.2. The second-order valence-corrected chi connectivity index (χ2v) is 2.94. The molecule has 1 amide bonds. The van der Waals surface area contributed by atoms with Crippen LogP contribution in [0.5, 0.6) is 0 Å². The monoisotopic (exact) mass is 176 g/mol. The summed E-state index contributed by atoms with van der Waals surface area (Å²) in [6.45, 7) is 0. The van der Waals surface area contributed by atoms with E-state index in [1.807, 2.05) is 0 Å². The Balaban J connectivity index is 2.59. The molecule has 0 aromatic heterocycles. The first-order chi connectivity index (χ1) is 5.16. The van der Waals surface area contributed by atoms with E-state index in [-0.39, 0.29) is 11.4 Å². The van der Waals surface area contributed by atoms with Gasteiger partial charge < -0.3 is 10.0 Å². The second-order valence-electron chi connectivity index (χ2n) is 2.16. The highest BCUT2D eigenvalue weighted by Gasteiger charge is 2.29. The van der Waals surface area contributed by atoms with Crippen LogP contribution in [0.3, 0.4) is 0 Å². The Hall–Kier alpha value is -0.300. The topological polar surface area (TPSA) is 64.6 Å². The molecular formula is C5H10N3O2S. The molecule has 6 heteroatoms. The van der Waals surface area contributed by atoms with Crippen molar-refractivity contribution in [1.29, 1.82) is 0 Å². The molecule has 5 nitrogen and oxygen atoms in total. The van der Waals surface area contributed by atoms with Crippen LogP contribution in [0.15, 0.2) is 0 Å². The maximum absolute atomic E-state index is 11.0. The minimum atomic E-state index is -1.15. The summed E-state index contributed by atoms with van der Waals surface area (Å²) in [5.41, 5.74) is 4.90. The maximum atomic E-state index is 11.0. The van der Waals surface area contributed by atoms with E-state index in [0.717, 1.165) is 0 Å². The lowest BCUT2D eigenvalue weighted by Gasteiger charge is -2.34. The molecule has 1 saturated heterocycles. The van der Waals surface area contributed by atoms with Crippen molar-refractivity contribution in [2.24, 2.45) is 0 Å². The first kappa shape index (κ1) is 8.79. The van der Waals surface area contributed by atoms with Gasteiger partial charge in [0.15, 0.2) is 6.23 Å². The normalized spacial score (nSPS) is 32.6. The molecule has 11 heavy (non-hydrogen) atoms. The molecule has 63 valence electrons. The van der Waals surface area contributed by atoms with Crippen molar-refractivity contribution in [3.63, 3.8) is 0 Å². The van der Waals surface area contributed by atoms with E-state index in [2.05, 4.69) is 17.1 Å². The molecule has 0 spiro atoms.